The molecule has 0 atom stereocenters. The van der Waals surface area contributed by atoms with Crippen LogP contribution in [0.3, 0.4) is 0 Å². The maximum Gasteiger partial charge on any atom is 0.418 e. The molecule has 0 saturated heterocycles. The third-order valence-electron chi connectivity index (χ3n) is 2.29. The second-order valence-corrected chi connectivity index (χ2v) is 3.71. The lowest BCUT2D eigenvalue weighted by atomic mass is 10.1. The molecule has 0 spiro atoms. The normalized spacial score (nSPS) is 10.9. The first-order valence-corrected chi connectivity index (χ1v) is 5.48. The van der Waals surface area contributed by atoms with Gasteiger partial charge >= 0.3 is 6.18 Å². The van der Waals surface area contributed by atoms with Crippen molar-refractivity contribution >= 4 is 23.1 Å². The van der Waals surface area contributed by atoms with Crippen molar-refractivity contribution in [2.45, 2.75) is 6.18 Å². The molecule has 0 amide bonds. The summed E-state index contributed by atoms with van der Waals surface area (Å²) < 4.78 is 39.0. The molecule has 0 fully saturated rings. The van der Waals surface area contributed by atoms with Gasteiger partial charge in [0.2, 0.25) is 0 Å². The van der Waals surface area contributed by atoms with E-state index in [0.717, 1.165) is 6.07 Å². The van der Waals surface area contributed by atoms with Crippen LogP contribution in [0.1, 0.15) is 5.56 Å². The Morgan fingerprint density at radius 3 is 2.63 bits per heavy atom. The number of rotatable bonds is 2. The van der Waals surface area contributed by atoms with Gasteiger partial charge in [-0.1, -0.05) is 0 Å². The van der Waals surface area contributed by atoms with E-state index in [9.17, 15) is 13.2 Å². The third-order valence-corrected chi connectivity index (χ3v) is 2.38. The Balaban J connectivity index is 2.64. The van der Waals surface area contributed by atoms with Gasteiger partial charge in [-0.2, -0.15) is 18.2 Å². The molecule has 2 aromatic rings. The minimum Gasteiger partial charge on any atom is -0.264 e. The van der Waals surface area contributed by atoms with Gasteiger partial charge < -0.3 is 0 Å². The van der Waals surface area contributed by atoms with E-state index in [1.807, 2.05) is 5.16 Å². The second-order valence-electron chi connectivity index (χ2n) is 3.53. The summed E-state index contributed by atoms with van der Waals surface area (Å²) in [5, 5.41) is 2.01. The number of aliphatic imine (C=N–C) groups is 1. The number of aromatic nitrogens is 2. The van der Waals surface area contributed by atoms with Crippen molar-refractivity contribution in [2.75, 3.05) is 0 Å². The predicted octanol–water partition coefficient (Wildman–Crippen LogP) is 3.90. The van der Waals surface area contributed by atoms with Gasteiger partial charge in [0.1, 0.15) is 0 Å². The average molecular weight is 281 g/mol. The zero-order valence-electron chi connectivity index (χ0n) is 9.35. The molecule has 0 unspecified atom stereocenters. The van der Waals surface area contributed by atoms with Crippen LogP contribution in [0.25, 0.3) is 11.3 Å². The molecule has 0 saturated carbocycles. The fourth-order valence-electron chi connectivity index (χ4n) is 1.52. The van der Waals surface area contributed by atoms with Gasteiger partial charge in [-0.25, -0.2) is 0 Å². The first kappa shape index (κ1) is 13.3. The van der Waals surface area contributed by atoms with E-state index in [0.29, 0.717) is 0 Å². The van der Waals surface area contributed by atoms with Crippen LogP contribution < -0.4 is 0 Å². The standard InChI is InChI=1S/C12H6F3N3S/c13-12(14,15)10-4-9(18-7-19)6-17-11(10)8-2-1-3-16-5-8/h1-6H. The maximum atomic E-state index is 13.0. The Bertz CT molecular complexity index is 634. The van der Waals surface area contributed by atoms with Crippen LogP contribution in [0.2, 0.25) is 0 Å². The number of hydrogen-bond donors (Lipinski definition) is 0. The van der Waals surface area contributed by atoms with E-state index in [1.165, 1.54) is 24.7 Å². The maximum absolute atomic E-state index is 13.0. The Morgan fingerprint density at radius 1 is 1.26 bits per heavy atom. The fourth-order valence-corrected chi connectivity index (χ4v) is 1.62. The lowest BCUT2D eigenvalue weighted by Gasteiger charge is -2.12. The highest BCUT2D eigenvalue weighted by Gasteiger charge is 2.35. The van der Waals surface area contributed by atoms with Gasteiger partial charge in [0.05, 0.1) is 28.3 Å². The fraction of sp³-hybridized carbons (Fsp3) is 0.0833. The summed E-state index contributed by atoms with van der Waals surface area (Å²) in [5.41, 5.74) is -0.779. The highest BCUT2D eigenvalue weighted by atomic mass is 32.1. The Kier molecular flexibility index (Phi) is 3.69. The number of isothiocyanates is 1. The topological polar surface area (TPSA) is 38.1 Å². The van der Waals surface area contributed by atoms with Crippen molar-refractivity contribution in [3.8, 4) is 11.3 Å². The SMILES string of the molecule is FC(F)(F)c1cc(N=C=S)cnc1-c1cccnc1. The minimum atomic E-state index is -4.54. The third kappa shape index (κ3) is 3.01. The lowest BCUT2D eigenvalue weighted by molar-refractivity contribution is -0.137. The summed E-state index contributed by atoms with van der Waals surface area (Å²) >= 11 is 4.36. The van der Waals surface area contributed by atoms with Crippen molar-refractivity contribution in [2.24, 2.45) is 4.99 Å². The van der Waals surface area contributed by atoms with Crippen LogP contribution in [0.5, 0.6) is 0 Å². The highest BCUT2D eigenvalue weighted by Crippen LogP contribution is 2.37. The smallest absolute Gasteiger partial charge is 0.264 e. The quantitative estimate of drug-likeness (QED) is 0.619. The van der Waals surface area contributed by atoms with E-state index >= 15 is 0 Å². The monoisotopic (exact) mass is 281 g/mol. The van der Waals surface area contributed by atoms with Gasteiger partial charge in [-0.05, 0) is 30.4 Å². The van der Waals surface area contributed by atoms with Gasteiger partial charge in [-0.15, -0.1) is 0 Å². The number of halogens is 3. The molecule has 19 heavy (non-hydrogen) atoms. The van der Waals surface area contributed by atoms with Gasteiger partial charge in [-0.3, -0.25) is 9.97 Å². The molecule has 0 aliphatic rings. The van der Waals surface area contributed by atoms with Gasteiger partial charge in [0.15, 0.2) is 0 Å². The summed E-state index contributed by atoms with van der Waals surface area (Å²) in [7, 11) is 0. The predicted molar refractivity (Wildman–Crippen MR) is 67.2 cm³/mol. The molecule has 96 valence electrons. The zero-order chi connectivity index (χ0) is 13.9. The Labute approximate surface area is 111 Å². The van der Waals surface area contributed by atoms with Crippen molar-refractivity contribution < 1.29 is 13.2 Å². The molecule has 0 aliphatic carbocycles. The van der Waals surface area contributed by atoms with Crippen molar-refractivity contribution in [3.63, 3.8) is 0 Å². The molecule has 3 nitrogen and oxygen atoms in total. The minimum absolute atomic E-state index is 0.00923. The van der Waals surface area contributed by atoms with Crippen LogP contribution in [0.4, 0.5) is 18.9 Å². The van der Waals surface area contributed by atoms with Crippen molar-refractivity contribution in [1.29, 1.82) is 0 Å². The molecule has 0 N–H and O–H groups in total. The average Bonchev–Trinajstić information content (AvgIpc) is 2.39. The summed E-state index contributed by atoms with van der Waals surface area (Å²) in [4.78, 5) is 11.1. The summed E-state index contributed by atoms with van der Waals surface area (Å²) in [6.45, 7) is 0. The number of alkyl halides is 3. The molecular weight excluding hydrogens is 275 g/mol. The van der Waals surface area contributed by atoms with E-state index in [1.54, 1.807) is 6.07 Å². The molecule has 0 radical (unpaired) electrons. The summed E-state index contributed by atoms with van der Waals surface area (Å²) in [6.07, 6.45) is -0.538. The van der Waals surface area contributed by atoms with Crippen molar-refractivity contribution in [3.05, 3.63) is 42.4 Å². The van der Waals surface area contributed by atoms with Gasteiger partial charge in [0.25, 0.3) is 0 Å². The highest BCUT2D eigenvalue weighted by molar-refractivity contribution is 7.78. The number of pyridine rings is 2. The van der Waals surface area contributed by atoms with Crippen LogP contribution in [-0.2, 0) is 6.18 Å². The van der Waals surface area contributed by atoms with Crippen LogP contribution in [0, 0.1) is 0 Å². The van der Waals surface area contributed by atoms with E-state index < -0.39 is 11.7 Å². The molecule has 7 heteroatoms. The first-order valence-electron chi connectivity index (χ1n) is 5.08. The number of nitrogens with zero attached hydrogens (tertiary/aromatic N) is 3. The van der Waals surface area contributed by atoms with Gasteiger partial charge in [0, 0.05) is 18.0 Å². The van der Waals surface area contributed by atoms with Crippen LogP contribution >= 0.6 is 12.2 Å². The Morgan fingerprint density at radius 2 is 2.05 bits per heavy atom. The van der Waals surface area contributed by atoms with E-state index in [4.69, 9.17) is 0 Å². The molecule has 2 aromatic heterocycles. The van der Waals surface area contributed by atoms with Crippen LogP contribution in [0.15, 0.2) is 41.8 Å². The molecule has 0 bridgehead atoms. The van der Waals surface area contributed by atoms with Crippen molar-refractivity contribution in [1.82, 2.24) is 9.97 Å². The Hall–Kier alpha value is -2.11. The zero-order valence-corrected chi connectivity index (χ0v) is 10.2. The summed E-state index contributed by atoms with van der Waals surface area (Å²) in [5.74, 6) is 0. The van der Waals surface area contributed by atoms with E-state index in [-0.39, 0.29) is 16.9 Å². The first-order chi connectivity index (χ1) is 9.02. The molecule has 0 aliphatic heterocycles. The van der Waals surface area contributed by atoms with Crippen LogP contribution in [-0.4, -0.2) is 15.1 Å². The largest absolute Gasteiger partial charge is 0.418 e. The number of hydrogen-bond acceptors (Lipinski definition) is 4. The summed E-state index contributed by atoms with van der Waals surface area (Å²) in [6, 6.07) is 3.93. The lowest BCUT2D eigenvalue weighted by Crippen LogP contribution is -2.08. The molecular formula is C12H6F3N3S. The number of thiocarbonyl (C=S) groups is 1. The molecule has 2 heterocycles. The molecule has 2 rings (SSSR count). The van der Waals surface area contributed by atoms with E-state index in [2.05, 4.69) is 27.2 Å². The molecule has 0 aromatic carbocycles. The second kappa shape index (κ2) is 5.26.